The smallest absolute Gasteiger partial charge is 0.189 e. The number of hydrogen-bond donors (Lipinski definition) is 0. The molecule has 6 heteroatoms. The van der Waals surface area contributed by atoms with E-state index >= 15 is 0 Å². The van der Waals surface area contributed by atoms with E-state index in [0.29, 0.717) is 0 Å². The number of benzene rings is 1. The number of hydrogen-bond acceptors (Lipinski definition) is 5. The van der Waals surface area contributed by atoms with Crippen LogP contribution in [-0.2, 0) is 5.75 Å². The monoisotopic (exact) mass is 334 g/mol. The van der Waals surface area contributed by atoms with E-state index in [0.717, 1.165) is 53.5 Å². The maximum Gasteiger partial charge on any atom is 0.189 e. The second kappa shape index (κ2) is 7.31. The molecule has 22 heavy (non-hydrogen) atoms. The fraction of sp³-hybridized carbons (Fsp3) is 0.375. The predicted octanol–water partition coefficient (Wildman–Crippen LogP) is 3.17. The molecule has 1 aromatic heterocycles. The molecular weight excluding hydrogens is 316 g/mol. The van der Waals surface area contributed by atoms with Crippen LogP contribution in [0.3, 0.4) is 0 Å². The van der Waals surface area contributed by atoms with Gasteiger partial charge in [0.25, 0.3) is 0 Å². The number of likely N-dealkylation sites (N-methyl/N-ethyl adjacent to an activating group) is 1. The van der Waals surface area contributed by atoms with Gasteiger partial charge in [0.15, 0.2) is 5.16 Å². The van der Waals surface area contributed by atoms with Crippen molar-refractivity contribution in [1.82, 2.24) is 14.9 Å². The summed E-state index contributed by atoms with van der Waals surface area (Å²) >= 11 is 7.81. The predicted molar refractivity (Wildman–Crippen MR) is 92.8 cm³/mol. The van der Waals surface area contributed by atoms with Gasteiger partial charge < -0.3 is 9.80 Å². The van der Waals surface area contributed by atoms with Gasteiger partial charge in [-0.25, -0.2) is 9.97 Å². The number of aromatic nitrogens is 2. The molecule has 1 aliphatic heterocycles. The second-order valence-corrected chi connectivity index (χ2v) is 6.72. The zero-order valence-electron chi connectivity index (χ0n) is 12.6. The topological polar surface area (TPSA) is 32.3 Å². The van der Waals surface area contributed by atoms with Crippen molar-refractivity contribution in [1.29, 1.82) is 0 Å². The van der Waals surface area contributed by atoms with Gasteiger partial charge in [0, 0.05) is 43.2 Å². The summed E-state index contributed by atoms with van der Waals surface area (Å²) in [6, 6.07) is 9.90. The SMILES string of the molecule is CN1CCN(c2ccnc(SCc3ccccc3Cl)n2)CC1. The maximum atomic E-state index is 6.19. The van der Waals surface area contributed by atoms with Crippen molar-refractivity contribution in [2.45, 2.75) is 10.9 Å². The molecule has 2 aromatic rings. The van der Waals surface area contributed by atoms with Crippen molar-refractivity contribution >= 4 is 29.2 Å². The van der Waals surface area contributed by atoms with E-state index in [1.165, 1.54) is 0 Å². The fourth-order valence-corrected chi connectivity index (χ4v) is 3.48. The van der Waals surface area contributed by atoms with E-state index in [-0.39, 0.29) is 0 Å². The van der Waals surface area contributed by atoms with Crippen LogP contribution in [0.4, 0.5) is 5.82 Å². The first-order chi connectivity index (χ1) is 10.7. The minimum absolute atomic E-state index is 0.784. The van der Waals surface area contributed by atoms with Gasteiger partial charge in [-0.3, -0.25) is 0 Å². The molecule has 1 aromatic carbocycles. The normalized spacial score (nSPS) is 16.0. The lowest BCUT2D eigenvalue weighted by molar-refractivity contribution is 0.312. The highest BCUT2D eigenvalue weighted by atomic mass is 35.5. The molecule has 0 saturated carbocycles. The first-order valence-corrected chi connectivity index (χ1v) is 8.71. The average molecular weight is 335 g/mol. The minimum Gasteiger partial charge on any atom is -0.354 e. The molecule has 0 unspecified atom stereocenters. The molecule has 1 fully saturated rings. The summed E-state index contributed by atoms with van der Waals surface area (Å²) in [5, 5.41) is 1.60. The Balaban J connectivity index is 1.65. The van der Waals surface area contributed by atoms with Gasteiger partial charge in [-0.2, -0.15) is 0 Å². The van der Waals surface area contributed by atoms with E-state index < -0.39 is 0 Å². The zero-order valence-corrected chi connectivity index (χ0v) is 14.1. The molecule has 116 valence electrons. The van der Waals surface area contributed by atoms with Crippen LogP contribution in [0.1, 0.15) is 5.56 Å². The number of halogens is 1. The van der Waals surface area contributed by atoms with E-state index in [2.05, 4.69) is 26.8 Å². The molecule has 0 bridgehead atoms. The summed E-state index contributed by atoms with van der Waals surface area (Å²) in [4.78, 5) is 13.7. The molecular formula is C16H19ClN4S. The highest BCUT2D eigenvalue weighted by molar-refractivity contribution is 7.98. The van der Waals surface area contributed by atoms with Gasteiger partial charge in [0.2, 0.25) is 0 Å². The van der Waals surface area contributed by atoms with Crippen LogP contribution in [0.2, 0.25) is 5.02 Å². The summed E-state index contributed by atoms with van der Waals surface area (Å²) in [5.41, 5.74) is 1.11. The van der Waals surface area contributed by atoms with E-state index in [1.807, 2.05) is 36.5 Å². The van der Waals surface area contributed by atoms with Crippen LogP contribution in [0, 0.1) is 0 Å². The second-order valence-electron chi connectivity index (χ2n) is 5.37. The lowest BCUT2D eigenvalue weighted by Crippen LogP contribution is -2.44. The van der Waals surface area contributed by atoms with E-state index in [9.17, 15) is 0 Å². The quantitative estimate of drug-likeness (QED) is 0.633. The molecule has 0 aliphatic carbocycles. The molecule has 1 aliphatic rings. The minimum atomic E-state index is 0.784. The average Bonchev–Trinajstić information content (AvgIpc) is 2.55. The van der Waals surface area contributed by atoms with Gasteiger partial charge in [-0.05, 0) is 24.7 Å². The molecule has 0 amide bonds. The van der Waals surface area contributed by atoms with Crippen LogP contribution in [-0.4, -0.2) is 48.1 Å². The van der Waals surface area contributed by atoms with Gasteiger partial charge in [-0.15, -0.1) is 0 Å². The largest absolute Gasteiger partial charge is 0.354 e. The Morgan fingerprint density at radius 1 is 1.14 bits per heavy atom. The van der Waals surface area contributed by atoms with Crippen LogP contribution >= 0.6 is 23.4 Å². The Morgan fingerprint density at radius 3 is 2.68 bits per heavy atom. The summed E-state index contributed by atoms with van der Waals surface area (Å²) in [7, 11) is 2.15. The Bertz CT molecular complexity index is 629. The number of nitrogens with zero attached hydrogens (tertiary/aromatic N) is 4. The van der Waals surface area contributed by atoms with Crippen LogP contribution in [0.15, 0.2) is 41.7 Å². The molecule has 2 heterocycles. The van der Waals surface area contributed by atoms with Crippen molar-refractivity contribution in [2.24, 2.45) is 0 Å². The van der Waals surface area contributed by atoms with Crippen LogP contribution in [0.5, 0.6) is 0 Å². The lowest BCUT2D eigenvalue weighted by Gasteiger charge is -2.33. The number of rotatable bonds is 4. The fourth-order valence-electron chi connectivity index (χ4n) is 2.37. The summed E-state index contributed by atoms with van der Waals surface area (Å²) < 4.78 is 0. The molecule has 1 saturated heterocycles. The standard InChI is InChI=1S/C16H19ClN4S/c1-20-8-10-21(11-9-20)15-6-7-18-16(19-15)22-12-13-4-2-3-5-14(13)17/h2-7H,8-12H2,1H3. The Kier molecular flexibility index (Phi) is 5.18. The summed E-state index contributed by atoms with van der Waals surface area (Å²) in [6.07, 6.45) is 1.84. The van der Waals surface area contributed by atoms with Gasteiger partial charge in [-0.1, -0.05) is 41.6 Å². The van der Waals surface area contributed by atoms with Crippen molar-refractivity contribution in [3.05, 3.63) is 47.1 Å². The van der Waals surface area contributed by atoms with Gasteiger partial charge in [0.05, 0.1) is 0 Å². The van der Waals surface area contributed by atoms with Crippen molar-refractivity contribution < 1.29 is 0 Å². The Hall–Kier alpha value is -1.30. The van der Waals surface area contributed by atoms with Crippen LogP contribution in [0.25, 0.3) is 0 Å². The Labute approximate surface area is 140 Å². The third-order valence-electron chi connectivity index (χ3n) is 3.76. The summed E-state index contributed by atoms with van der Waals surface area (Å²) in [5.74, 6) is 1.80. The van der Waals surface area contributed by atoms with Crippen molar-refractivity contribution in [3.8, 4) is 0 Å². The first-order valence-electron chi connectivity index (χ1n) is 7.35. The molecule has 0 atom stereocenters. The molecule has 3 rings (SSSR count). The van der Waals surface area contributed by atoms with Gasteiger partial charge >= 0.3 is 0 Å². The summed E-state index contributed by atoms with van der Waals surface area (Å²) in [6.45, 7) is 4.18. The van der Waals surface area contributed by atoms with E-state index in [1.54, 1.807) is 11.8 Å². The molecule has 4 nitrogen and oxygen atoms in total. The van der Waals surface area contributed by atoms with Crippen molar-refractivity contribution in [2.75, 3.05) is 38.1 Å². The number of thioether (sulfide) groups is 1. The molecule has 0 spiro atoms. The highest BCUT2D eigenvalue weighted by Crippen LogP contribution is 2.25. The third kappa shape index (κ3) is 3.91. The number of piperazine rings is 1. The van der Waals surface area contributed by atoms with E-state index in [4.69, 9.17) is 11.6 Å². The zero-order chi connectivity index (χ0) is 15.4. The molecule has 0 radical (unpaired) electrons. The number of anilines is 1. The van der Waals surface area contributed by atoms with Gasteiger partial charge in [0.1, 0.15) is 5.82 Å². The lowest BCUT2D eigenvalue weighted by atomic mass is 10.2. The van der Waals surface area contributed by atoms with Crippen LogP contribution < -0.4 is 4.90 Å². The van der Waals surface area contributed by atoms with Crippen molar-refractivity contribution in [3.63, 3.8) is 0 Å². The maximum absolute atomic E-state index is 6.19. The first kappa shape index (κ1) is 15.6. The highest BCUT2D eigenvalue weighted by Gasteiger charge is 2.15. The Morgan fingerprint density at radius 2 is 1.91 bits per heavy atom. The molecule has 0 N–H and O–H groups in total. The third-order valence-corrected chi connectivity index (χ3v) is 5.04.